The fourth-order valence-corrected chi connectivity index (χ4v) is 6.66. The largest absolute Gasteiger partial charge is 0.243 e. The molecule has 10 heteroatoms. The minimum absolute atomic E-state index is 0.00267. The van der Waals surface area contributed by atoms with Gasteiger partial charge in [0.05, 0.1) is 15.5 Å². The molecule has 4 aromatic rings. The van der Waals surface area contributed by atoms with Gasteiger partial charge in [0.25, 0.3) is 0 Å². The maximum atomic E-state index is 13.2. The minimum atomic E-state index is -4.09. The van der Waals surface area contributed by atoms with Crippen molar-refractivity contribution in [3.8, 4) is 23.0 Å². The minimum Gasteiger partial charge on any atom is -0.240 e. The molecule has 0 bridgehead atoms. The lowest BCUT2D eigenvalue weighted by atomic mass is 10.1. The number of hydrogen-bond acceptors (Lipinski definition) is 6. The SMILES string of the molecule is CCN(CC)S(=O)(=O)c1cccc(-c2nn(-c3ccccc3)cc2/C=C(\C#N)S(=O)(=O)c2ccccc2)c1. The van der Waals surface area contributed by atoms with Crippen molar-refractivity contribution in [2.45, 2.75) is 23.6 Å². The smallest absolute Gasteiger partial charge is 0.240 e. The molecule has 1 heterocycles. The topological polar surface area (TPSA) is 113 Å². The Morgan fingerprint density at radius 3 is 2.11 bits per heavy atom. The van der Waals surface area contributed by atoms with Crippen molar-refractivity contribution in [3.63, 3.8) is 0 Å². The lowest BCUT2D eigenvalue weighted by molar-refractivity contribution is 0.445. The molecule has 0 aliphatic carbocycles. The zero-order valence-corrected chi connectivity index (χ0v) is 22.5. The van der Waals surface area contributed by atoms with Crippen LogP contribution in [0, 0.1) is 11.3 Å². The highest BCUT2D eigenvalue weighted by atomic mass is 32.2. The molecule has 0 saturated carbocycles. The second kappa shape index (κ2) is 11.1. The van der Waals surface area contributed by atoms with Gasteiger partial charge in [-0.15, -0.1) is 0 Å². The van der Waals surface area contributed by atoms with Gasteiger partial charge in [-0.1, -0.05) is 62.4 Å². The average Bonchev–Trinajstić information content (AvgIpc) is 3.37. The highest BCUT2D eigenvalue weighted by Gasteiger charge is 2.24. The molecule has 0 N–H and O–H groups in total. The van der Waals surface area contributed by atoms with Crippen LogP contribution in [0.4, 0.5) is 0 Å². The number of para-hydroxylation sites is 1. The van der Waals surface area contributed by atoms with E-state index in [1.165, 1.54) is 34.6 Å². The zero-order chi connectivity index (χ0) is 27.3. The van der Waals surface area contributed by atoms with Gasteiger partial charge in [0, 0.05) is 30.4 Å². The van der Waals surface area contributed by atoms with E-state index in [4.69, 9.17) is 0 Å². The van der Waals surface area contributed by atoms with Gasteiger partial charge < -0.3 is 0 Å². The van der Waals surface area contributed by atoms with Gasteiger partial charge in [0.15, 0.2) is 0 Å². The number of rotatable bonds is 9. The molecule has 0 saturated heterocycles. The quantitative estimate of drug-likeness (QED) is 0.276. The Kier molecular flexibility index (Phi) is 7.92. The third-order valence-corrected chi connectivity index (χ3v) is 9.68. The molecule has 3 aromatic carbocycles. The lowest BCUT2D eigenvalue weighted by Gasteiger charge is -2.18. The summed E-state index contributed by atoms with van der Waals surface area (Å²) >= 11 is 0. The summed E-state index contributed by atoms with van der Waals surface area (Å²) in [6, 6.07) is 25.1. The van der Waals surface area contributed by atoms with Crippen molar-refractivity contribution >= 4 is 25.9 Å². The number of aromatic nitrogens is 2. The summed E-state index contributed by atoms with van der Waals surface area (Å²) in [6.45, 7) is 4.18. The number of allylic oxidation sites excluding steroid dienone is 1. The molecule has 38 heavy (non-hydrogen) atoms. The van der Waals surface area contributed by atoms with Crippen molar-refractivity contribution in [3.05, 3.63) is 102 Å². The van der Waals surface area contributed by atoms with E-state index in [9.17, 15) is 22.1 Å². The summed E-state index contributed by atoms with van der Waals surface area (Å²) in [5.74, 6) is 0. The van der Waals surface area contributed by atoms with Crippen LogP contribution in [-0.4, -0.2) is 44.0 Å². The number of benzene rings is 3. The molecule has 0 aliphatic rings. The molecule has 0 unspecified atom stereocenters. The van der Waals surface area contributed by atoms with Crippen molar-refractivity contribution in [2.75, 3.05) is 13.1 Å². The van der Waals surface area contributed by atoms with Crippen molar-refractivity contribution in [1.82, 2.24) is 14.1 Å². The van der Waals surface area contributed by atoms with Crippen molar-refractivity contribution in [2.24, 2.45) is 0 Å². The molecular formula is C28H26N4O4S2. The molecule has 0 aliphatic heterocycles. The van der Waals surface area contributed by atoms with Gasteiger partial charge >= 0.3 is 0 Å². The Morgan fingerprint density at radius 1 is 0.895 bits per heavy atom. The molecule has 0 amide bonds. The summed E-state index contributed by atoms with van der Waals surface area (Å²) in [6.07, 6.45) is 2.89. The van der Waals surface area contributed by atoms with E-state index in [2.05, 4.69) is 5.10 Å². The molecule has 0 radical (unpaired) electrons. The van der Waals surface area contributed by atoms with Crippen LogP contribution in [0.5, 0.6) is 0 Å². The summed E-state index contributed by atoms with van der Waals surface area (Å²) < 4.78 is 55.7. The number of nitriles is 1. The molecule has 0 spiro atoms. The summed E-state index contributed by atoms with van der Waals surface area (Å²) in [7, 11) is -7.83. The number of nitrogens with zero attached hydrogens (tertiary/aromatic N) is 4. The van der Waals surface area contributed by atoms with Crippen LogP contribution in [0.3, 0.4) is 0 Å². The Morgan fingerprint density at radius 2 is 1.50 bits per heavy atom. The van der Waals surface area contributed by atoms with E-state index in [0.717, 1.165) is 0 Å². The second-order valence-corrected chi connectivity index (χ2v) is 12.1. The number of sulfonamides is 1. The van der Waals surface area contributed by atoms with Gasteiger partial charge in [0.2, 0.25) is 19.9 Å². The van der Waals surface area contributed by atoms with Crippen LogP contribution < -0.4 is 0 Å². The van der Waals surface area contributed by atoms with Gasteiger partial charge in [-0.25, -0.2) is 21.5 Å². The molecule has 194 valence electrons. The molecular weight excluding hydrogens is 520 g/mol. The van der Waals surface area contributed by atoms with Crippen molar-refractivity contribution in [1.29, 1.82) is 5.26 Å². The van der Waals surface area contributed by atoms with Crippen LogP contribution >= 0.6 is 0 Å². The molecule has 0 fully saturated rings. The normalized spacial score (nSPS) is 12.4. The van der Waals surface area contributed by atoms with E-state index < -0.39 is 24.8 Å². The third kappa shape index (κ3) is 5.31. The van der Waals surface area contributed by atoms with E-state index in [-0.39, 0.29) is 9.79 Å². The fourth-order valence-electron chi connectivity index (χ4n) is 3.98. The van der Waals surface area contributed by atoms with Gasteiger partial charge in [-0.2, -0.15) is 14.7 Å². The summed E-state index contributed by atoms with van der Waals surface area (Å²) in [5, 5.41) is 14.5. The first-order valence-corrected chi connectivity index (χ1v) is 14.8. The summed E-state index contributed by atoms with van der Waals surface area (Å²) in [5.41, 5.74) is 1.86. The van der Waals surface area contributed by atoms with E-state index in [1.807, 2.05) is 36.4 Å². The Labute approximate surface area is 223 Å². The first-order valence-electron chi connectivity index (χ1n) is 11.9. The predicted molar refractivity (Wildman–Crippen MR) is 146 cm³/mol. The zero-order valence-electron chi connectivity index (χ0n) is 20.9. The van der Waals surface area contributed by atoms with Gasteiger partial charge in [-0.3, -0.25) is 0 Å². The first kappa shape index (κ1) is 27.0. The monoisotopic (exact) mass is 546 g/mol. The van der Waals surface area contributed by atoms with Crippen LogP contribution in [-0.2, 0) is 19.9 Å². The summed E-state index contributed by atoms with van der Waals surface area (Å²) in [4.78, 5) is -0.359. The molecule has 4 rings (SSSR count). The van der Waals surface area contributed by atoms with E-state index in [0.29, 0.717) is 35.6 Å². The van der Waals surface area contributed by atoms with Crippen LogP contribution in [0.25, 0.3) is 23.0 Å². The standard InChI is InChI=1S/C28H26N4O4S2/c1-3-31(4-2)38(35,36)26-17-11-12-22(18-26)28-23(21-32(30-28)24-13-7-5-8-14-24)19-27(20-29)37(33,34)25-15-9-6-10-16-25/h5-19,21H,3-4H2,1-2H3/b27-19+. The first-order chi connectivity index (χ1) is 18.2. The van der Waals surface area contributed by atoms with Gasteiger partial charge in [-0.05, 0) is 42.5 Å². The van der Waals surface area contributed by atoms with Crippen molar-refractivity contribution < 1.29 is 16.8 Å². The molecule has 0 atom stereocenters. The third-order valence-electron chi connectivity index (χ3n) is 5.95. The van der Waals surface area contributed by atoms with Crippen LogP contribution in [0.15, 0.2) is 106 Å². The Bertz CT molecular complexity index is 1720. The maximum Gasteiger partial charge on any atom is 0.243 e. The van der Waals surface area contributed by atoms with E-state index in [1.54, 1.807) is 55.1 Å². The van der Waals surface area contributed by atoms with E-state index >= 15 is 0 Å². The highest BCUT2D eigenvalue weighted by Crippen LogP contribution is 2.30. The Balaban J connectivity index is 1.91. The maximum absolute atomic E-state index is 13.2. The second-order valence-electron chi connectivity index (χ2n) is 8.27. The van der Waals surface area contributed by atoms with Crippen LogP contribution in [0.2, 0.25) is 0 Å². The average molecular weight is 547 g/mol. The highest BCUT2D eigenvalue weighted by molar-refractivity contribution is 7.95. The lowest BCUT2D eigenvalue weighted by Crippen LogP contribution is -2.30. The number of sulfone groups is 1. The predicted octanol–water partition coefficient (Wildman–Crippen LogP) is 4.91. The fraction of sp³-hybridized carbons (Fsp3) is 0.143. The molecule has 1 aromatic heterocycles. The van der Waals surface area contributed by atoms with Crippen LogP contribution in [0.1, 0.15) is 19.4 Å². The van der Waals surface area contributed by atoms with Gasteiger partial charge in [0.1, 0.15) is 16.7 Å². The Hall–Kier alpha value is -4.04. The molecule has 8 nitrogen and oxygen atoms in total. The number of hydrogen-bond donors (Lipinski definition) is 0.